The van der Waals surface area contributed by atoms with Crippen LogP contribution >= 0.6 is 0 Å². The van der Waals surface area contributed by atoms with Crippen LogP contribution in [0.3, 0.4) is 0 Å². The molecule has 1 amide bonds. The number of carbonyl (C=O) groups excluding carboxylic acids is 1. The fourth-order valence-electron chi connectivity index (χ4n) is 2.13. The Morgan fingerprint density at radius 1 is 1.42 bits per heavy atom. The van der Waals surface area contributed by atoms with Gasteiger partial charge in [0.05, 0.1) is 13.0 Å². The van der Waals surface area contributed by atoms with Crippen LogP contribution in [0, 0.1) is 11.8 Å². The van der Waals surface area contributed by atoms with Gasteiger partial charge in [-0.3, -0.25) is 4.79 Å². The molecule has 1 heterocycles. The van der Waals surface area contributed by atoms with Crippen LogP contribution in [0.5, 0.6) is 5.75 Å². The van der Waals surface area contributed by atoms with Crippen molar-refractivity contribution in [3.63, 3.8) is 0 Å². The van der Waals surface area contributed by atoms with Gasteiger partial charge in [0.2, 0.25) is 5.91 Å². The van der Waals surface area contributed by atoms with E-state index in [4.69, 9.17) is 4.74 Å². The highest BCUT2D eigenvalue weighted by Crippen LogP contribution is 2.14. The molecule has 19 heavy (non-hydrogen) atoms. The van der Waals surface area contributed by atoms with E-state index in [9.17, 15) is 4.79 Å². The zero-order valence-electron chi connectivity index (χ0n) is 11.6. The van der Waals surface area contributed by atoms with Gasteiger partial charge in [-0.25, -0.2) is 0 Å². The van der Waals surface area contributed by atoms with E-state index in [1.165, 1.54) is 5.56 Å². The minimum Gasteiger partial charge on any atom is -0.497 e. The summed E-state index contributed by atoms with van der Waals surface area (Å²) in [6.07, 6.45) is 0.965. The third kappa shape index (κ3) is 3.96. The molecule has 4 nitrogen and oxygen atoms in total. The van der Waals surface area contributed by atoms with Crippen molar-refractivity contribution in [3.05, 3.63) is 29.8 Å². The second kappa shape index (κ2) is 6.57. The van der Waals surface area contributed by atoms with E-state index in [1.54, 1.807) is 7.11 Å². The van der Waals surface area contributed by atoms with Crippen molar-refractivity contribution in [2.75, 3.05) is 26.7 Å². The maximum Gasteiger partial charge on any atom is 0.225 e. The third-order valence-corrected chi connectivity index (χ3v) is 3.52. The van der Waals surface area contributed by atoms with E-state index in [0.717, 1.165) is 31.8 Å². The molecule has 0 bridgehead atoms. The molecule has 0 aliphatic carbocycles. The number of rotatable bonds is 6. The molecule has 0 aromatic heterocycles. The van der Waals surface area contributed by atoms with Crippen LogP contribution in [0.25, 0.3) is 0 Å². The van der Waals surface area contributed by atoms with Gasteiger partial charge in [0.1, 0.15) is 5.75 Å². The first-order valence-corrected chi connectivity index (χ1v) is 6.80. The van der Waals surface area contributed by atoms with Crippen molar-refractivity contribution in [1.29, 1.82) is 0 Å². The Morgan fingerprint density at radius 3 is 2.63 bits per heavy atom. The summed E-state index contributed by atoms with van der Waals surface area (Å²) in [5.41, 5.74) is 1.27. The summed E-state index contributed by atoms with van der Waals surface area (Å²) in [5.74, 6) is 1.67. The molecule has 1 fully saturated rings. The Morgan fingerprint density at radius 2 is 2.11 bits per heavy atom. The van der Waals surface area contributed by atoms with E-state index in [2.05, 4.69) is 29.7 Å². The minimum absolute atomic E-state index is 0.174. The molecule has 4 heteroatoms. The topological polar surface area (TPSA) is 50.4 Å². The first kappa shape index (κ1) is 13.9. The molecule has 0 saturated carbocycles. The van der Waals surface area contributed by atoms with Gasteiger partial charge in [-0.2, -0.15) is 0 Å². The summed E-state index contributed by atoms with van der Waals surface area (Å²) in [6, 6.07) is 8.10. The summed E-state index contributed by atoms with van der Waals surface area (Å²) in [6.45, 7) is 4.53. The molecule has 1 saturated heterocycles. The van der Waals surface area contributed by atoms with E-state index >= 15 is 0 Å². The summed E-state index contributed by atoms with van der Waals surface area (Å²) in [5, 5.41) is 6.13. The van der Waals surface area contributed by atoms with Crippen molar-refractivity contribution < 1.29 is 9.53 Å². The summed E-state index contributed by atoms with van der Waals surface area (Å²) in [4.78, 5) is 11.7. The highest BCUT2D eigenvalue weighted by molar-refractivity contribution is 5.79. The lowest BCUT2D eigenvalue weighted by Crippen LogP contribution is -2.51. The Kier molecular flexibility index (Phi) is 4.80. The summed E-state index contributed by atoms with van der Waals surface area (Å²) in [7, 11) is 1.67. The molecule has 1 unspecified atom stereocenters. The number of hydrogen-bond acceptors (Lipinski definition) is 3. The fraction of sp³-hybridized carbons (Fsp3) is 0.533. The molecule has 1 aromatic carbocycles. The van der Waals surface area contributed by atoms with Gasteiger partial charge in [-0.1, -0.05) is 19.1 Å². The Balaban J connectivity index is 1.73. The standard InChI is InChI=1S/C15H22N2O2/c1-11(8-17-15(18)13-9-16-10-13)7-12-3-5-14(19-2)6-4-12/h3-6,11,13,16H,7-10H2,1-2H3,(H,17,18). The highest BCUT2D eigenvalue weighted by Gasteiger charge is 2.24. The maximum absolute atomic E-state index is 11.7. The molecule has 0 radical (unpaired) electrons. The SMILES string of the molecule is COc1ccc(CC(C)CNC(=O)C2CNC2)cc1. The molecular formula is C15H22N2O2. The van der Waals surface area contributed by atoms with Crippen LogP contribution in [0.4, 0.5) is 0 Å². The van der Waals surface area contributed by atoms with Crippen molar-refractivity contribution >= 4 is 5.91 Å². The molecule has 2 rings (SSSR count). The first-order chi connectivity index (χ1) is 9.19. The van der Waals surface area contributed by atoms with Crippen molar-refractivity contribution in [3.8, 4) is 5.75 Å². The number of methoxy groups -OCH3 is 1. The van der Waals surface area contributed by atoms with E-state index < -0.39 is 0 Å². The number of carbonyl (C=O) groups is 1. The molecule has 104 valence electrons. The molecular weight excluding hydrogens is 240 g/mol. The lowest BCUT2D eigenvalue weighted by Gasteiger charge is -2.26. The maximum atomic E-state index is 11.7. The highest BCUT2D eigenvalue weighted by atomic mass is 16.5. The third-order valence-electron chi connectivity index (χ3n) is 3.52. The average Bonchev–Trinajstić information content (AvgIpc) is 2.35. The molecule has 1 aliphatic rings. The van der Waals surface area contributed by atoms with Gasteiger partial charge in [-0.15, -0.1) is 0 Å². The Hall–Kier alpha value is -1.55. The molecule has 1 atom stereocenters. The van der Waals surface area contributed by atoms with Crippen molar-refractivity contribution in [1.82, 2.24) is 10.6 Å². The average molecular weight is 262 g/mol. The zero-order chi connectivity index (χ0) is 13.7. The number of benzene rings is 1. The predicted molar refractivity (Wildman–Crippen MR) is 75.2 cm³/mol. The van der Waals surface area contributed by atoms with Crippen LogP contribution in [-0.4, -0.2) is 32.7 Å². The Bertz CT molecular complexity index is 413. The van der Waals surface area contributed by atoms with Crippen LogP contribution in [-0.2, 0) is 11.2 Å². The van der Waals surface area contributed by atoms with Crippen LogP contribution < -0.4 is 15.4 Å². The zero-order valence-corrected chi connectivity index (χ0v) is 11.6. The summed E-state index contributed by atoms with van der Waals surface area (Å²) >= 11 is 0. The van der Waals surface area contributed by atoms with E-state index in [-0.39, 0.29) is 11.8 Å². The predicted octanol–water partition coefficient (Wildman–Crippen LogP) is 1.21. The molecule has 2 N–H and O–H groups in total. The smallest absolute Gasteiger partial charge is 0.225 e. The van der Waals surface area contributed by atoms with Gasteiger partial charge >= 0.3 is 0 Å². The Labute approximate surface area is 114 Å². The second-order valence-corrected chi connectivity index (χ2v) is 5.26. The van der Waals surface area contributed by atoms with E-state index in [1.807, 2.05) is 12.1 Å². The van der Waals surface area contributed by atoms with Gasteiger partial charge in [0.15, 0.2) is 0 Å². The van der Waals surface area contributed by atoms with Gasteiger partial charge in [0, 0.05) is 19.6 Å². The van der Waals surface area contributed by atoms with Crippen LogP contribution in [0.1, 0.15) is 12.5 Å². The normalized spacial score (nSPS) is 16.5. The van der Waals surface area contributed by atoms with Gasteiger partial charge in [-0.05, 0) is 30.0 Å². The minimum atomic E-state index is 0.174. The van der Waals surface area contributed by atoms with Crippen LogP contribution in [0.2, 0.25) is 0 Å². The molecule has 1 aliphatic heterocycles. The largest absolute Gasteiger partial charge is 0.497 e. The lowest BCUT2D eigenvalue weighted by molar-refractivity contribution is -0.126. The van der Waals surface area contributed by atoms with Crippen LogP contribution in [0.15, 0.2) is 24.3 Å². The quantitative estimate of drug-likeness (QED) is 0.810. The lowest BCUT2D eigenvalue weighted by atomic mass is 9.99. The van der Waals surface area contributed by atoms with Crippen molar-refractivity contribution in [2.45, 2.75) is 13.3 Å². The second-order valence-electron chi connectivity index (χ2n) is 5.26. The fourth-order valence-corrected chi connectivity index (χ4v) is 2.13. The van der Waals surface area contributed by atoms with E-state index in [0.29, 0.717) is 5.92 Å². The van der Waals surface area contributed by atoms with Gasteiger partial charge < -0.3 is 15.4 Å². The molecule has 0 spiro atoms. The number of ether oxygens (including phenoxy) is 1. The number of amides is 1. The first-order valence-electron chi connectivity index (χ1n) is 6.80. The molecule has 1 aromatic rings. The van der Waals surface area contributed by atoms with Crippen molar-refractivity contribution in [2.24, 2.45) is 11.8 Å². The number of nitrogens with one attached hydrogen (secondary N) is 2. The number of hydrogen-bond donors (Lipinski definition) is 2. The summed E-state index contributed by atoms with van der Waals surface area (Å²) < 4.78 is 5.14. The monoisotopic (exact) mass is 262 g/mol. The van der Waals surface area contributed by atoms with Gasteiger partial charge in [0.25, 0.3) is 0 Å².